The Balaban J connectivity index is 1.70. The van der Waals surface area contributed by atoms with Crippen LogP contribution in [0.1, 0.15) is 23.3 Å². The van der Waals surface area contributed by atoms with Gasteiger partial charge in [0.1, 0.15) is 0 Å². The van der Waals surface area contributed by atoms with Crippen LogP contribution >= 0.6 is 11.3 Å². The third kappa shape index (κ3) is 2.62. The average Bonchev–Trinajstić information content (AvgIpc) is 3.22. The zero-order valence-corrected chi connectivity index (χ0v) is 13.9. The molecule has 120 valence electrons. The Kier molecular flexibility index (Phi) is 3.58. The Morgan fingerprint density at radius 1 is 1.22 bits per heavy atom. The number of hydrogen-bond donors (Lipinski definition) is 1. The zero-order valence-electron chi connectivity index (χ0n) is 13.1. The van der Waals surface area contributed by atoms with Gasteiger partial charge in [-0.05, 0) is 49.2 Å². The molecule has 6 heteroatoms. The number of aromatic amines is 1. The van der Waals surface area contributed by atoms with Crippen LogP contribution in [0.25, 0.3) is 11.3 Å². The highest BCUT2D eigenvalue weighted by Crippen LogP contribution is 2.33. The van der Waals surface area contributed by atoms with E-state index in [2.05, 4.69) is 9.88 Å². The third-order valence-corrected chi connectivity index (χ3v) is 5.60. The molecule has 1 saturated heterocycles. The molecule has 23 heavy (non-hydrogen) atoms. The van der Waals surface area contributed by atoms with Gasteiger partial charge in [0.25, 0.3) is 0 Å². The number of anilines is 1. The number of amides is 1. The molecule has 2 aromatic rings. The van der Waals surface area contributed by atoms with Crippen molar-refractivity contribution in [1.82, 2.24) is 9.88 Å². The van der Waals surface area contributed by atoms with Crippen molar-refractivity contribution in [3.8, 4) is 11.3 Å². The lowest BCUT2D eigenvalue weighted by atomic mass is 10.1. The van der Waals surface area contributed by atoms with Gasteiger partial charge in [-0.3, -0.25) is 14.5 Å². The van der Waals surface area contributed by atoms with Crippen LogP contribution in [0, 0.1) is 0 Å². The molecule has 1 aromatic heterocycles. The standard InChI is InChI=1S/C17H19N3O2S/c1-19-13-5-4-11(8-12(13)9-15(19)21)16-14(23-17(22)18-16)10-20-6-2-3-7-20/h4-5,8H,2-3,6-7,9-10H2,1H3,(H,18,22). The van der Waals surface area contributed by atoms with E-state index in [0.717, 1.165) is 47.0 Å². The summed E-state index contributed by atoms with van der Waals surface area (Å²) in [6.45, 7) is 3.04. The minimum Gasteiger partial charge on any atom is -0.315 e. The number of likely N-dealkylation sites (N-methyl/N-ethyl adjacent to an activating group) is 1. The van der Waals surface area contributed by atoms with Crippen LogP contribution in [0.3, 0.4) is 0 Å². The number of fused-ring (bicyclic) bond motifs is 1. The lowest BCUT2D eigenvalue weighted by Gasteiger charge is -2.14. The predicted octanol–water partition coefficient (Wildman–Crippen LogP) is 2.22. The van der Waals surface area contributed by atoms with Crippen LogP contribution in [0.4, 0.5) is 5.69 Å². The summed E-state index contributed by atoms with van der Waals surface area (Å²) >= 11 is 1.30. The van der Waals surface area contributed by atoms with E-state index in [0.29, 0.717) is 6.42 Å². The molecule has 0 radical (unpaired) electrons. The van der Waals surface area contributed by atoms with Gasteiger partial charge in [0.05, 0.1) is 12.1 Å². The van der Waals surface area contributed by atoms with Crippen LogP contribution in [0.15, 0.2) is 23.0 Å². The smallest absolute Gasteiger partial charge is 0.305 e. The summed E-state index contributed by atoms with van der Waals surface area (Å²) in [5.41, 5.74) is 3.92. The van der Waals surface area contributed by atoms with E-state index in [1.165, 1.54) is 24.2 Å². The average molecular weight is 329 g/mol. The highest BCUT2D eigenvalue weighted by molar-refractivity contribution is 7.09. The molecular weight excluding hydrogens is 310 g/mol. The van der Waals surface area contributed by atoms with Gasteiger partial charge in [0.15, 0.2) is 0 Å². The number of nitrogens with zero attached hydrogens (tertiary/aromatic N) is 2. The number of carbonyl (C=O) groups excluding carboxylic acids is 1. The fourth-order valence-corrected chi connectivity index (χ4v) is 4.37. The second kappa shape index (κ2) is 5.62. The molecule has 5 nitrogen and oxygen atoms in total. The molecule has 1 amide bonds. The summed E-state index contributed by atoms with van der Waals surface area (Å²) in [5, 5.41) is 0. The van der Waals surface area contributed by atoms with E-state index in [1.807, 2.05) is 18.2 Å². The number of H-pyrrole nitrogens is 1. The highest BCUT2D eigenvalue weighted by Gasteiger charge is 2.25. The minimum atomic E-state index is -0.0112. The molecule has 3 heterocycles. The number of aromatic nitrogens is 1. The number of benzene rings is 1. The largest absolute Gasteiger partial charge is 0.315 e. The number of carbonyl (C=O) groups is 1. The maximum absolute atomic E-state index is 11.9. The van der Waals surface area contributed by atoms with Crippen molar-refractivity contribution in [3.63, 3.8) is 0 Å². The molecule has 0 unspecified atom stereocenters. The molecule has 1 fully saturated rings. The van der Waals surface area contributed by atoms with Crippen molar-refractivity contribution in [1.29, 1.82) is 0 Å². The Hall–Kier alpha value is -1.92. The topological polar surface area (TPSA) is 56.4 Å². The first-order valence-corrected chi connectivity index (χ1v) is 8.77. The molecule has 2 aliphatic heterocycles. The molecule has 4 rings (SSSR count). The summed E-state index contributed by atoms with van der Waals surface area (Å²) in [5.74, 6) is 0.119. The Bertz CT molecular complexity index is 817. The summed E-state index contributed by atoms with van der Waals surface area (Å²) in [6, 6.07) is 6.02. The number of hydrogen-bond acceptors (Lipinski definition) is 4. The fourth-order valence-electron chi connectivity index (χ4n) is 3.47. The van der Waals surface area contributed by atoms with Gasteiger partial charge in [-0.1, -0.05) is 17.4 Å². The van der Waals surface area contributed by atoms with Gasteiger partial charge >= 0.3 is 4.87 Å². The van der Waals surface area contributed by atoms with Crippen molar-refractivity contribution in [2.24, 2.45) is 0 Å². The molecule has 2 aliphatic rings. The van der Waals surface area contributed by atoms with Crippen molar-refractivity contribution >= 4 is 22.9 Å². The zero-order chi connectivity index (χ0) is 16.0. The Morgan fingerprint density at radius 3 is 2.78 bits per heavy atom. The Morgan fingerprint density at radius 2 is 2.00 bits per heavy atom. The first kappa shape index (κ1) is 14.7. The van der Waals surface area contributed by atoms with Crippen LogP contribution in [-0.4, -0.2) is 35.9 Å². The second-order valence-corrected chi connectivity index (χ2v) is 7.34. The summed E-state index contributed by atoms with van der Waals surface area (Å²) in [4.78, 5) is 31.9. The highest BCUT2D eigenvalue weighted by atomic mass is 32.1. The number of nitrogens with one attached hydrogen (secondary N) is 1. The number of likely N-dealkylation sites (tertiary alicyclic amines) is 1. The summed E-state index contributed by atoms with van der Waals surface area (Å²) in [6.07, 6.45) is 2.92. The van der Waals surface area contributed by atoms with Gasteiger partial charge in [-0.25, -0.2) is 0 Å². The van der Waals surface area contributed by atoms with Crippen LogP contribution in [0.5, 0.6) is 0 Å². The van der Waals surface area contributed by atoms with Gasteiger partial charge in [0.2, 0.25) is 5.91 Å². The minimum absolute atomic E-state index is 0.0112. The van der Waals surface area contributed by atoms with Gasteiger partial charge in [-0.2, -0.15) is 0 Å². The fraction of sp³-hybridized carbons (Fsp3) is 0.412. The predicted molar refractivity (Wildman–Crippen MR) is 92.0 cm³/mol. The van der Waals surface area contributed by atoms with E-state index >= 15 is 0 Å². The molecular formula is C17H19N3O2S. The molecule has 0 saturated carbocycles. The summed E-state index contributed by atoms with van der Waals surface area (Å²) < 4.78 is 0. The quantitative estimate of drug-likeness (QED) is 0.939. The maximum Gasteiger partial charge on any atom is 0.305 e. The van der Waals surface area contributed by atoms with Crippen molar-refractivity contribution in [3.05, 3.63) is 38.3 Å². The maximum atomic E-state index is 11.9. The molecule has 0 aliphatic carbocycles. The Labute approximate surface area is 138 Å². The molecule has 1 aromatic carbocycles. The first-order chi connectivity index (χ1) is 11.1. The van der Waals surface area contributed by atoms with Crippen molar-refractivity contribution in [2.75, 3.05) is 25.0 Å². The SMILES string of the molecule is CN1C(=O)Cc2cc(-c3[nH]c(=O)sc3CN3CCCC3)ccc21. The van der Waals surface area contributed by atoms with Crippen LogP contribution < -0.4 is 9.77 Å². The van der Waals surface area contributed by atoms with Gasteiger partial charge in [0, 0.05) is 24.2 Å². The molecule has 0 bridgehead atoms. The molecule has 0 atom stereocenters. The van der Waals surface area contributed by atoms with E-state index in [1.54, 1.807) is 11.9 Å². The lowest BCUT2D eigenvalue weighted by Crippen LogP contribution is -2.20. The van der Waals surface area contributed by atoms with E-state index in [9.17, 15) is 9.59 Å². The van der Waals surface area contributed by atoms with E-state index in [4.69, 9.17) is 0 Å². The normalized spacial score (nSPS) is 18.0. The monoisotopic (exact) mass is 329 g/mol. The van der Waals surface area contributed by atoms with E-state index in [-0.39, 0.29) is 10.8 Å². The number of thiazole rings is 1. The van der Waals surface area contributed by atoms with Crippen LogP contribution in [-0.2, 0) is 17.8 Å². The van der Waals surface area contributed by atoms with Crippen molar-refractivity contribution < 1.29 is 4.79 Å². The van der Waals surface area contributed by atoms with Crippen molar-refractivity contribution in [2.45, 2.75) is 25.8 Å². The lowest BCUT2D eigenvalue weighted by molar-refractivity contribution is -0.117. The number of rotatable bonds is 3. The summed E-state index contributed by atoms with van der Waals surface area (Å²) in [7, 11) is 1.80. The molecule has 0 spiro atoms. The van der Waals surface area contributed by atoms with Gasteiger partial charge in [-0.15, -0.1) is 0 Å². The van der Waals surface area contributed by atoms with E-state index < -0.39 is 0 Å². The first-order valence-electron chi connectivity index (χ1n) is 7.96. The van der Waals surface area contributed by atoms with Gasteiger partial charge < -0.3 is 9.88 Å². The second-order valence-electron chi connectivity index (χ2n) is 6.27. The third-order valence-electron chi connectivity index (χ3n) is 4.73. The van der Waals surface area contributed by atoms with Crippen LogP contribution in [0.2, 0.25) is 0 Å². The molecule has 1 N–H and O–H groups in total.